The van der Waals surface area contributed by atoms with E-state index in [1.54, 1.807) is 19.1 Å². The summed E-state index contributed by atoms with van der Waals surface area (Å²) in [5, 5.41) is 0. The van der Waals surface area contributed by atoms with Crippen LogP contribution in [-0.2, 0) is 10.2 Å². The van der Waals surface area contributed by atoms with E-state index in [1.807, 2.05) is 36.4 Å². The molecule has 6 heteroatoms. The van der Waals surface area contributed by atoms with Crippen LogP contribution in [0.3, 0.4) is 0 Å². The van der Waals surface area contributed by atoms with Crippen molar-refractivity contribution < 1.29 is 18.7 Å². The molecule has 2 aromatic rings. The number of amides is 1. The standard InChI is InChI=1S/C24H31NO4Si/c1-15-21(25(23(15)26)16-9-11-17(27-5)12-10-16)18-13-14-19(28-6)20(24(2,3)4)22(18)29-30(7)8/h9-14,21,30H,1H2,2-8H3/t21-/m1/s1. The van der Waals surface area contributed by atoms with Crippen LogP contribution >= 0.6 is 0 Å². The van der Waals surface area contributed by atoms with Crippen LogP contribution in [0.2, 0.25) is 13.1 Å². The number of hydrogen-bond donors (Lipinski definition) is 0. The van der Waals surface area contributed by atoms with Crippen LogP contribution in [0.4, 0.5) is 5.69 Å². The predicted octanol–water partition coefficient (Wildman–Crippen LogP) is 5.01. The molecular formula is C24H31NO4Si. The van der Waals surface area contributed by atoms with Crippen molar-refractivity contribution >= 4 is 20.6 Å². The normalized spacial score (nSPS) is 16.5. The number of nitrogens with zero attached hydrogens (tertiary/aromatic N) is 1. The Morgan fingerprint density at radius 2 is 1.63 bits per heavy atom. The minimum absolute atomic E-state index is 0.0777. The molecule has 0 unspecified atom stereocenters. The van der Waals surface area contributed by atoms with Gasteiger partial charge in [-0.3, -0.25) is 9.69 Å². The third-order valence-corrected chi connectivity index (χ3v) is 5.91. The van der Waals surface area contributed by atoms with Gasteiger partial charge >= 0.3 is 0 Å². The van der Waals surface area contributed by atoms with Gasteiger partial charge in [0.15, 0.2) is 0 Å². The molecule has 0 aliphatic carbocycles. The number of rotatable bonds is 6. The van der Waals surface area contributed by atoms with Crippen molar-refractivity contribution in [3.63, 3.8) is 0 Å². The van der Waals surface area contributed by atoms with Gasteiger partial charge in [0.05, 0.1) is 20.3 Å². The maximum Gasteiger partial charge on any atom is 0.256 e. The maximum atomic E-state index is 12.8. The van der Waals surface area contributed by atoms with E-state index in [1.165, 1.54) is 0 Å². The quantitative estimate of drug-likeness (QED) is 0.371. The summed E-state index contributed by atoms with van der Waals surface area (Å²) in [6, 6.07) is 11.2. The lowest BCUT2D eigenvalue weighted by Crippen LogP contribution is -2.49. The molecule has 1 aliphatic rings. The van der Waals surface area contributed by atoms with Crippen molar-refractivity contribution in [3.05, 3.63) is 59.7 Å². The Bertz CT molecular complexity index is 960. The molecule has 30 heavy (non-hydrogen) atoms. The molecule has 0 radical (unpaired) electrons. The van der Waals surface area contributed by atoms with E-state index in [2.05, 4.69) is 40.4 Å². The summed E-state index contributed by atoms with van der Waals surface area (Å²) >= 11 is 0. The number of carbonyl (C=O) groups is 1. The largest absolute Gasteiger partial charge is 0.546 e. The van der Waals surface area contributed by atoms with E-state index in [0.717, 1.165) is 34.1 Å². The lowest BCUT2D eigenvalue weighted by Gasteiger charge is -2.44. The van der Waals surface area contributed by atoms with Crippen molar-refractivity contribution in [2.75, 3.05) is 19.1 Å². The Morgan fingerprint density at radius 1 is 1.00 bits per heavy atom. The van der Waals surface area contributed by atoms with Gasteiger partial charge in [0, 0.05) is 22.4 Å². The van der Waals surface area contributed by atoms with E-state index < -0.39 is 9.04 Å². The van der Waals surface area contributed by atoms with Crippen LogP contribution in [-0.4, -0.2) is 29.2 Å². The molecule has 2 aromatic carbocycles. The summed E-state index contributed by atoms with van der Waals surface area (Å²) in [5.41, 5.74) is 3.14. The smallest absolute Gasteiger partial charge is 0.256 e. The number of β-lactam (4-membered cyclic amide) rings is 1. The monoisotopic (exact) mass is 425 g/mol. The molecule has 1 heterocycles. The molecule has 1 amide bonds. The van der Waals surface area contributed by atoms with E-state index in [9.17, 15) is 4.79 Å². The molecular weight excluding hydrogens is 394 g/mol. The SMILES string of the molecule is C=C1C(=O)N(c2ccc(OC)cc2)[C@H]1c1ccc(OC)c(C(C)(C)C)c1O[SiH](C)C. The van der Waals surface area contributed by atoms with E-state index in [4.69, 9.17) is 13.9 Å². The Labute approximate surface area is 181 Å². The Hall–Kier alpha value is -2.73. The molecule has 1 saturated heterocycles. The molecule has 0 aromatic heterocycles. The summed E-state index contributed by atoms with van der Waals surface area (Å²) in [7, 11) is 1.87. The summed E-state index contributed by atoms with van der Waals surface area (Å²) < 4.78 is 17.4. The Kier molecular flexibility index (Phi) is 5.99. The molecule has 0 spiro atoms. The van der Waals surface area contributed by atoms with Crippen LogP contribution in [0.15, 0.2) is 48.6 Å². The second-order valence-corrected chi connectivity index (χ2v) is 11.1. The number of methoxy groups -OCH3 is 2. The fourth-order valence-corrected chi connectivity index (χ4v) is 4.58. The van der Waals surface area contributed by atoms with Gasteiger partial charge in [-0.25, -0.2) is 0 Å². The number of ether oxygens (including phenoxy) is 2. The van der Waals surface area contributed by atoms with Gasteiger partial charge in [-0.2, -0.15) is 0 Å². The summed E-state index contributed by atoms with van der Waals surface area (Å²) in [6.07, 6.45) is 0. The second kappa shape index (κ2) is 8.18. The first-order valence-electron chi connectivity index (χ1n) is 10.1. The number of anilines is 1. The van der Waals surface area contributed by atoms with Gasteiger partial charge < -0.3 is 13.9 Å². The van der Waals surface area contributed by atoms with Crippen molar-refractivity contribution in [2.45, 2.75) is 45.3 Å². The number of hydrogen-bond acceptors (Lipinski definition) is 4. The van der Waals surface area contributed by atoms with E-state index >= 15 is 0 Å². The molecule has 3 rings (SSSR count). The van der Waals surface area contributed by atoms with Crippen molar-refractivity contribution in [1.82, 2.24) is 0 Å². The van der Waals surface area contributed by atoms with Gasteiger partial charge in [-0.05, 0) is 54.9 Å². The molecule has 0 bridgehead atoms. The first kappa shape index (κ1) is 22.0. The van der Waals surface area contributed by atoms with Gasteiger partial charge in [-0.1, -0.05) is 27.4 Å². The van der Waals surface area contributed by atoms with Gasteiger partial charge in [0.2, 0.25) is 9.04 Å². The summed E-state index contributed by atoms with van der Waals surface area (Å²) in [4.78, 5) is 14.5. The predicted molar refractivity (Wildman–Crippen MR) is 124 cm³/mol. The highest BCUT2D eigenvalue weighted by Gasteiger charge is 2.45. The first-order valence-corrected chi connectivity index (χ1v) is 12.9. The maximum absolute atomic E-state index is 12.8. The molecule has 1 atom stereocenters. The molecule has 5 nitrogen and oxygen atoms in total. The fourth-order valence-electron chi connectivity index (χ4n) is 3.85. The average Bonchev–Trinajstić information content (AvgIpc) is 2.70. The van der Waals surface area contributed by atoms with Gasteiger partial charge in [0.25, 0.3) is 5.91 Å². The van der Waals surface area contributed by atoms with Crippen LogP contribution in [0, 0.1) is 0 Å². The lowest BCUT2D eigenvalue weighted by atomic mass is 9.80. The van der Waals surface area contributed by atoms with E-state index in [0.29, 0.717) is 5.57 Å². The summed E-state index contributed by atoms with van der Waals surface area (Å²) in [5.74, 6) is 2.28. The van der Waals surface area contributed by atoms with Crippen LogP contribution in [0.25, 0.3) is 0 Å². The zero-order chi connectivity index (χ0) is 22.2. The Morgan fingerprint density at radius 3 is 2.13 bits per heavy atom. The van der Waals surface area contributed by atoms with E-state index in [-0.39, 0.29) is 17.4 Å². The molecule has 0 N–H and O–H groups in total. The fraction of sp³-hybridized carbons (Fsp3) is 0.375. The minimum Gasteiger partial charge on any atom is -0.546 e. The lowest BCUT2D eigenvalue weighted by molar-refractivity contribution is -0.119. The highest BCUT2D eigenvalue weighted by molar-refractivity contribution is 6.49. The van der Waals surface area contributed by atoms with Gasteiger partial charge in [-0.15, -0.1) is 0 Å². The number of benzene rings is 2. The molecule has 1 fully saturated rings. The zero-order valence-corrected chi connectivity index (χ0v) is 20.1. The van der Waals surface area contributed by atoms with Crippen molar-refractivity contribution in [3.8, 4) is 17.2 Å². The van der Waals surface area contributed by atoms with Crippen LogP contribution in [0.1, 0.15) is 37.9 Å². The van der Waals surface area contributed by atoms with Crippen molar-refractivity contribution in [1.29, 1.82) is 0 Å². The molecule has 160 valence electrons. The first-order chi connectivity index (χ1) is 14.1. The van der Waals surface area contributed by atoms with Crippen LogP contribution < -0.4 is 18.8 Å². The third kappa shape index (κ3) is 3.84. The Balaban J connectivity index is 2.16. The second-order valence-electron chi connectivity index (χ2n) is 8.78. The number of carbonyl (C=O) groups excluding carboxylic acids is 1. The van der Waals surface area contributed by atoms with Crippen molar-refractivity contribution in [2.24, 2.45) is 0 Å². The zero-order valence-electron chi connectivity index (χ0n) is 18.9. The third-order valence-electron chi connectivity index (χ3n) is 5.20. The molecule has 0 saturated carbocycles. The minimum atomic E-state index is -1.43. The summed E-state index contributed by atoms with van der Waals surface area (Å²) in [6.45, 7) is 14.8. The topological polar surface area (TPSA) is 48.0 Å². The highest BCUT2D eigenvalue weighted by Crippen LogP contribution is 2.50. The molecule has 1 aliphatic heterocycles. The van der Waals surface area contributed by atoms with Crippen LogP contribution in [0.5, 0.6) is 17.2 Å². The average molecular weight is 426 g/mol. The van der Waals surface area contributed by atoms with Gasteiger partial charge in [0.1, 0.15) is 17.2 Å². The highest BCUT2D eigenvalue weighted by atomic mass is 28.3.